The standard InChI is InChI=1S/C32H34BN3O4.C2H6/c1-20-15-24(30-26(16-20)29(37)21(2)31(39-30)36-13-11-32(3,4)12-14-36)18-34-28-8-6-5-7-25(28)22-9-10-27-23(17-22)19-35-40-33(27)38;1-2/h5-10,15-17,19,34,38H,11-14,18H2,1-4H3;1-2H3. The van der Waals surface area contributed by atoms with Crippen molar-refractivity contribution < 1.29 is 14.2 Å². The minimum absolute atomic E-state index is 0.0355. The Labute approximate surface area is 248 Å². The van der Waals surface area contributed by atoms with E-state index in [1.807, 2.05) is 70.2 Å². The number of para-hydroxylation sites is 1. The highest BCUT2D eigenvalue weighted by atomic mass is 16.6. The van der Waals surface area contributed by atoms with E-state index in [0.717, 1.165) is 59.4 Å². The average Bonchev–Trinajstić information content (AvgIpc) is 2.99. The second-order valence-corrected chi connectivity index (χ2v) is 11.7. The summed E-state index contributed by atoms with van der Waals surface area (Å²) in [5, 5.41) is 18.1. The van der Waals surface area contributed by atoms with Crippen LogP contribution in [0.1, 0.15) is 62.8 Å². The molecule has 1 saturated heterocycles. The van der Waals surface area contributed by atoms with Crippen LogP contribution in [0.25, 0.3) is 22.1 Å². The molecule has 7 nitrogen and oxygen atoms in total. The molecule has 2 N–H and O–H groups in total. The van der Waals surface area contributed by atoms with E-state index in [2.05, 4.69) is 41.4 Å². The summed E-state index contributed by atoms with van der Waals surface area (Å²) in [6, 6.07) is 18.0. The first-order valence-electron chi connectivity index (χ1n) is 14.9. The van der Waals surface area contributed by atoms with Gasteiger partial charge in [-0.1, -0.05) is 64.1 Å². The lowest BCUT2D eigenvalue weighted by Gasteiger charge is -2.37. The molecular formula is C34H40BN3O4. The van der Waals surface area contributed by atoms with E-state index in [1.54, 1.807) is 6.21 Å². The molecule has 1 aromatic heterocycles. The van der Waals surface area contributed by atoms with Gasteiger partial charge >= 0.3 is 7.12 Å². The largest absolute Gasteiger partial charge is 0.583 e. The van der Waals surface area contributed by atoms with Crippen molar-refractivity contribution in [2.45, 2.75) is 60.9 Å². The van der Waals surface area contributed by atoms with Gasteiger partial charge in [0.05, 0.1) is 17.2 Å². The van der Waals surface area contributed by atoms with Crippen molar-refractivity contribution >= 4 is 41.3 Å². The summed E-state index contributed by atoms with van der Waals surface area (Å²) in [4.78, 5) is 15.8. The minimum Gasteiger partial charge on any atom is -0.440 e. The number of nitrogens with one attached hydrogen (secondary N) is 1. The lowest BCUT2D eigenvalue weighted by molar-refractivity contribution is 0.274. The molecule has 3 heterocycles. The van der Waals surface area contributed by atoms with Crippen molar-refractivity contribution in [3.63, 3.8) is 0 Å². The molecule has 0 aliphatic carbocycles. The highest BCUT2D eigenvalue weighted by Crippen LogP contribution is 2.35. The second-order valence-electron chi connectivity index (χ2n) is 11.7. The van der Waals surface area contributed by atoms with Crippen LogP contribution in [0.5, 0.6) is 0 Å². The van der Waals surface area contributed by atoms with Crippen molar-refractivity contribution in [1.82, 2.24) is 0 Å². The molecule has 2 aliphatic rings. The molecule has 0 radical (unpaired) electrons. The molecular weight excluding hydrogens is 525 g/mol. The molecule has 42 heavy (non-hydrogen) atoms. The summed E-state index contributed by atoms with van der Waals surface area (Å²) < 4.78 is 11.5. The van der Waals surface area contributed by atoms with Gasteiger partial charge in [0, 0.05) is 41.9 Å². The average molecular weight is 566 g/mol. The van der Waals surface area contributed by atoms with Gasteiger partial charge in [-0.2, -0.15) is 0 Å². The molecule has 8 heteroatoms. The Hall–Kier alpha value is -4.04. The summed E-state index contributed by atoms with van der Waals surface area (Å²) >= 11 is 0. The van der Waals surface area contributed by atoms with Gasteiger partial charge in [0.15, 0.2) is 5.43 Å². The highest BCUT2D eigenvalue weighted by molar-refractivity contribution is 6.62. The van der Waals surface area contributed by atoms with Crippen LogP contribution in [0.4, 0.5) is 11.6 Å². The highest BCUT2D eigenvalue weighted by Gasteiger charge is 2.29. The number of benzene rings is 3. The Morgan fingerprint density at radius 2 is 1.79 bits per heavy atom. The third kappa shape index (κ3) is 5.81. The van der Waals surface area contributed by atoms with E-state index < -0.39 is 7.12 Å². The van der Waals surface area contributed by atoms with Crippen LogP contribution in [0.3, 0.4) is 0 Å². The lowest BCUT2D eigenvalue weighted by atomic mass is 9.75. The van der Waals surface area contributed by atoms with Crippen molar-refractivity contribution in [3.8, 4) is 11.1 Å². The molecule has 0 amide bonds. The van der Waals surface area contributed by atoms with E-state index in [1.165, 1.54) is 0 Å². The molecule has 2 aliphatic heterocycles. The van der Waals surface area contributed by atoms with Crippen LogP contribution in [-0.4, -0.2) is 31.4 Å². The molecule has 218 valence electrons. The van der Waals surface area contributed by atoms with Gasteiger partial charge < -0.3 is 24.4 Å². The number of aryl methyl sites for hydroxylation is 1. The molecule has 4 aromatic rings. The zero-order valence-corrected chi connectivity index (χ0v) is 25.5. The fourth-order valence-corrected chi connectivity index (χ4v) is 5.72. The van der Waals surface area contributed by atoms with E-state index in [-0.39, 0.29) is 5.43 Å². The maximum Gasteiger partial charge on any atom is 0.583 e. The number of hydrogen-bond acceptors (Lipinski definition) is 7. The van der Waals surface area contributed by atoms with Crippen LogP contribution in [-0.2, 0) is 11.3 Å². The minimum atomic E-state index is -1.06. The normalized spacial score (nSPS) is 15.5. The van der Waals surface area contributed by atoms with Crippen LogP contribution in [0.15, 0.2) is 69.0 Å². The topological polar surface area (TPSA) is 87.3 Å². The molecule has 1 fully saturated rings. The van der Waals surface area contributed by atoms with E-state index in [9.17, 15) is 9.82 Å². The van der Waals surface area contributed by atoms with Gasteiger partial charge in [-0.15, -0.1) is 5.16 Å². The van der Waals surface area contributed by atoms with Crippen LogP contribution in [0.2, 0.25) is 0 Å². The molecule has 0 saturated carbocycles. The molecule has 0 bridgehead atoms. The van der Waals surface area contributed by atoms with Crippen molar-refractivity contribution in [1.29, 1.82) is 0 Å². The van der Waals surface area contributed by atoms with Crippen molar-refractivity contribution in [2.75, 3.05) is 23.3 Å². The van der Waals surface area contributed by atoms with Gasteiger partial charge in [0.2, 0.25) is 5.88 Å². The Balaban J connectivity index is 0.00000173. The third-order valence-electron chi connectivity index (χ3n) is 8.23. The summed E-state index contributed by atoms with van der Waals surface area (Å²) in [6.45, 7) is 14.7. The molecule has 0 unspecified atom stereocenters. The molecule has 0 atom stereocenters. The Morgan fingerprint density at radius 1 is 1.05 bits per heavy atom. The van der Waals surface area contributed by atoms with Gasteiger partial charge in [0.25, 0.3) is 0 Å². The SMILES string of the molecule is CC.Cc1cc(CNc2ccccc2-c2ccc3c(c2)C=NOB3O)c2oc(N3CCC(C)(C)CC3)c(C)c(=O)c2c1. The number of piperidine rings is 1. The second kappa shape index (κ2) is 12.1. The summed E-state index contributed by atoms with van der Waals surface area (Å²) in [5.74, 6) is 0.695. The van der Waals surface area contributed by atoms with E-state index >= 15 is 0 Å². The maximum absolute atomic E-state index is 13.5. The Morgan fingerprint density at radius 3 is 2.55 bits per heavy atom. The molecule has 6 rings (SSSR count). The van der Waals surface area contributed by atoms with Crippen molar-refractivity contribution in [3.05, 3.63) is 87.1 Å². The zero-order valence-electron chi connectivity index (χ0n) is 25.5. The summed E-state index contributed by atoms with van der Waals surface area (Å²) in [6.07, 6.45) is 3.74. The number of hydrogen-bond donors (Lipinski definition) is 2. The number of anilines is 2. The summed E-state index contributed by atoms with van der Waals surface area (Å²) in [5.41, 5.74) is 8.10. The van der Waals surface area contributed by atoms with Crippen LogP contribution in [0, 0.1) is 19.3 Å². The molecule has 3 aromatic carbocycles. The number of oxime groups is 1. The zero-order chi connectivity index (χ0) is 30.0. The van der Waals surface area contributed by atoms with Crippen LogP contribution >= 0.6 is 0 Å². The van der Waals surface area contributed by atoms with Crippen LogP contribution < -0.4 is 21.1 Å². The van der Waals surface area contributed by atoms with Gasteiger partial charge in [0.1, 0.15) is 5.58 Å². The Kier molecular flexibility index (Phi) is 8.46. The monoisotopic (exact) mass is 565 g/mol. The Bertz CT molecular complexity index is 1680. The number of fused-ring (bicyclic) bond motifs is 2. The number of nitrogens with zero attached hydrogens (tertiary/aromatic N) is 2. The predicted molar refractivity (Wildman–Crippen MR) is 174 cm³/mol. The van der Waals surface area contributed by atoms with E-state index in [4.69, 9.17) is 9.17 Å². The summed E-state index contributed by atoms with van der Waals surface area (Å²) in [7, 11) is -1.06. The smallest absolute Gasteiger partial charge is 0.440 e. The maximum atomic E-state index is 13.5. The molecule has 0 spiro atoms. The first kappa shape index (κ1) is 29.5. The first-order chi connectivity index (χ1) is 20.2. The lowest BCUT2D eigenvalue weighted by Crippen LogP contribution is -2.38. The van der Waals surface area contributed by atoms with Gasteiger partial charge in [-0.25, -0.2) is 0 Å². The van der Waals surface area contributed by atoms with Crippen molar-refractivity contribution in [2.24, 2.45) is 10.6 Å². The van der Waals surface area contributed by atoms with E-state index in [0.29, 0.717) is 39.8 Å². The fourth-order valence-electron chi connectivity index (χ4n) is 5.72. The van der Waals surface area contributed by atoms with Gasteiger partial charge in [-0.3, -0.25) is 4.79 Å². The predicted octanol–water partition coefficient (Wildman–Crippen LogP) is 6.39. The van der Waals surface area contributed by atoms with Gasteiger partial charge in [-0.05, 0) is 67.0 Å². The first-order valence-corrected chi connectivity index (χ1v) is 14.9. The number of rotatable bonds is 5. The quantitative estimate of drug-likeness (QED) is 0.273. The fraction of sp³-hybridized carbons (Fsp3) is 0.353. The third-order valence-corrected chi connectivity index (χ3v) is 8.23.